The lowest BCUT2D eigenvalue weighted by atomic mass is 9.83. The van der Waals surface area contributed by atoms with E-state index in [0.29, 0.717) is 36.7 Å². The standard InChI is InChI=1S/C29H31N3O8/c1-38-27(36)11-22(18-4-2-5-20(9-18)39-16-25(30)34)29-28(37)24(33)10-21(40-29)15-31-12-17-8-19(14-31)23-6-3-7-26(35)32(23)13-17/h2-7,9-10,17,19,22,37H,8,11-16H2,1H3,(H2,30,34). The van der Waals surface area contributed by atoms with E-state index < -0.39 is 29.0 Å². The number of aromatic hydroxyl groups is 1. The number of esters is 1. The Hall–Kier alpha value is -4.38. The number of benzene rings is 1. The number of rotatable bonds is 9. The summed E-state index contributed by atoms with van der Waals surface area (Å²) in [4.78, 5) is 50.9. The molecule has 5 rings (SSSR count). The molecule has 3 aromatic rings. The number of methoxy groups -OCH3 is 1. The van der Waals surface area contributed by atoms with Crippen molar-refractivity contribution in [2.75, 3.05) is 26.8 Å². The van der Waals surface area contributed by atoms with Crippen LogP contribution in [0.2, 0.25) is 0 Å². The number of likely N-dealkylation sites (tertiary alicyclic amines) is 1. The number of piperidine rings is 1. The van der Waals surface area contributed by atoms with E-state index in [9.17, 15) is 24.3 Å². The molecule has 0 radical (unpaired) electrons. The van der Waals surface area contributed by atoms with E-state index >= 15 is 0 Å². The summed E-state index contributed by atoms with van der Waals surface area (Å²) < 4.78 is 18.3. The smallest absolute Gasteiger partial charge is 0.306 e. The number of amides is 1. The second-order valence-corrected chi connectivity index (χ2v) is 10.3. The first-order valence-corrected chi connectivity index (χ1v) is 13.1. The maximum atomic E-state index is 12.9. The molecule has 1 amide bonds. The summed E-state index contributed by atoms with van der Waals surface area (Å²) in [6, 6.07) is 13.2. The lowest BCUT2D eigenvalue weighted by Crippen LogP contribution is -2.46. The van der Waals surface area contributed by atoms with Gasteiger partial charge in [0.05, 0.1) is 26.0 Å². The molecule has 4 heterocycles. The normalized spacial score (nSPS) is 18.9. The summed E-state index contributed by atoms with van der Waals surface area (Å²) in [7, 11) is 1.25. The van der Waals surface area contributed by atoms with Crippen molar-refractivity contribution in [3.05, 3.63) is 91.9 Å². The first kappa shape index (κ1) is 27.2. The van der Waals surface area contributed by atoms with Gasteiger partial charge in [0.1, 0.15) is 11.5 Å². The van der Waals surface area contributed by atoms with E-state index in [1.54, 1.807) is 36.4 Å². The fraction of sp³-hybridized carbons (Fsp3) is 0.379. The van der Waals surface area contributed by atoms with Gasteiger partial charge in [0, 0.05) is 43.4 Å². The van der Waals surface area contributed by atoms with Crippen molar-refractivity contribution in [3.63, 3.8) is 0 Å². The largest absolute Gasteiger partial charge is 0.502 e. The maximum Gasteiger partial charge on any atom is 0.306 e. The highest BCUT2D eigenvalue weighted by molar-refractivity contribution is 5.75. The van der Waals surface area contributed by atoms with Crippen molar-refractivity contribution in [3.8, 4) is 11.5 Å². The van der Waals surface area contributed by atoms with E-state index in [-0.39, 0.29) is 36.2 Å². The molecular formula is C29H31N3O8. The van der Waals surface area contributed by atoms with Crippen LogP contribution in [0, 0.1) is 5.92 Å². The van der Waals surface area contributed by atoms with Gasteiger partial charge in [-0.2, -0.15) is 0 Å². The molecule has 1 saturated heterocycles. The quantitative estimate of drug-likeness (QED) is 0.380. The van der Waals surface area contributed by atoms with Gasteiger partial charge >= 0.3 is 5.97 Å². The number of aromatic nitrogens is 1. The molecule has 3 atom stereocenters. The molecule has 0 saturated carbocycles. The number of fused-ring (bicyclic) bond motifs is 4. The lowest BCUT2D eigenvalue weighted by Gasteiger charge is -2.42. The van der Waals surface area contributed by atoms with Crippen LogP contribution in [0.3, 0.4) is 0 Å². The van der Waals surface area contributed by atoms with Gasteiger partial charge in [-0.05, 0) is 36.1 Å². The van der Waals surface area contributed by atoms with Gasteiger partial charge in [-0.3, -0.25) is 24.1 Å². The minimum atomic E-state index is -0.864. The molecule has 2 aromatic heterocycles. The van der Waals surface area contributed by atoms with Gasteiger partial charge in [-0.15, -0.1) is 0 Å². The van der Waals surface area contributed by atoms with Crippen LogP contribution >= 0.6 is 0 Å². The van der Waals surface area contributed by atoms with Crippen LogP contribution in [0.1, 0.15) is 47.5 Å². The van der Waals surface area contributed by atoms with Gasteiger partial charge in [0.25, 0.3) is 11.5 Å². The Labute approximate surface area is 229 Å². The van der Waals surface area contributed by atoms with E-state index in [1.165, 1.54) is 13.2 Å². The predicted molar refractivity (Wildman–Crippen MR) is 143 cm³/mol. The van der Waals surface area contributed by atoms with E-state index in [4.69, 9.17) is 19.6 Å². The molecule has 3 N–H and O–H groups in total. The van der Waals surface area contributed by atoms with E-state index in [0.717, 1.165) is 18.7 Å². The number of carbonyl (C=O) groups excluding carboxylic acids is 2. The molecule has 11 heteroatoms. The van der Waals surface area contributed by atoms with Gasteiger partial charge in [-0.1, -0.05) is 18.2 Å². The number of hydrogen-bond donors (Lipinski definition) is 2. The van der Waals surface area contributed by atoms with Crippen LogP contribution < -0.4 is 21.5 Å². The third kappa shape index (κ3) is 5.79. The number of hydrogen-bond acceptors (Lipinski definition) is 9. The number of ether oxygens (including phenoxy) is 2. The molecule has 2 aliphatic heterocycles. The van der Waals surface area contributed by atoms with Crippen LogP contribution in [0.25, 0.3) is 0 Å². The van der Waals surface area contributed by atoms with Gasteiger partial charge in [-0.25, -0.2) is 0 Å². The number of nitrogens with zero attached hydrogens (tertiary/aromatic N) is 2. The van der Waals surface area contributed by atoms with E-state index in [1.807, 2.05) is 10.6 Å². The highest BCUT2D eigenvalue weighted by Crippen LogP contribution is 2.37. The maximum absolute atomic E-state index is 12.9. The average molecular weight is 550 g/mol. The Kier molecular flexibility index (Phi) is 7.74. The molecule has 1 aromatic carbocycles. The fourth-order valence-electron chi connectivity index (χ4n) is 5.80. The predicted octanol–water partition coefficient (Wildman–Crippen LogP) is 1.69. The zero-order chi connectivity index (χ0) is 28.4. The van der Waals surface area contributed by atoms with Crippen LogP contribution in [0.4, 0.5) is 0 Å². The fourth-order valence-corrected chi connectivity index (χ4v) is 5.80. The molecule has 0 aliphatic carbocycles. The van der Waals surface area contributed by atoms with Crippen molar-refractivity contribution in [2.24, 2.45) is 11.7 Å². The zero-order valence-corrected chi connectivity index (χ0v) is 22.1. The Balaban J connectivity index is 1.44. The Morgan fingerprint density at radius 2 is 1.93 bits per heavy atom. The first-order valence-electron chi connectivity index (χ1n) is 13.1. The van der Waals surface area contributed by atoms with Crippen molar-refractivity contribution >= 4 is 11.9 Å². The SMILES string of the molecule is COC(=O)CC(c1cccc(OCC(N)=O)c1)c1oc(CN2CC3CC(C2)c2cccc(=O)n2C3)cc(=O)c1O. The third-order valence-corrected chi connectivity index (χ3v) is 7.49. The minimum absolute atomic E-state index is 0.00978. The number of primary amides is 1. The molecule has 2 aliphatic rings. The Bertz CT molecular complexity index is 1540. The lowest BCUT2D eigenvalue weighted by molar-refractivity contribution is -0.141. The van der Waals surface area contributed by atoms with Crippen molar-refractivity contribution in [2.45, 2.75) is 37.8 Å². The molecule has 40 heavy (non-hydrogen) atoms. The van der Waals surface area contributed by atoms with Crippen molar-refractivity contribution < 1.29 is 28.6 Å². The summed E-state index contributed by atoms with van der Waals surface area (Å²) in [5, 5.41) is 10.8. The van der Waals surface area contributed by atoms with E-state index in [2.05, 4.69) is 4.90 Å². The molecule has 2 bridgehead atoms. The van der Waals surface area contributed by atoms with Crippen LogP contribution in [0.15, 0.2) is 62.5 Å². The molecule has 1 fully saturated rings. The Morgan fingerprint density at radius 1 is 1.12 bits per heavy atom. The molecule has 210 valence electrons. The molecule has 11 nitrogen and oxygen atoms in total. The van der Waals surface area contributed by atoms with Crippen LogP contribution in [-0.2, 0) is 27.4 Å². The number of carbonyl (C=O) groups is 2. The van der Waals surface area contributed by atoms with Gasteiger partial charge < -0.3 is 29.3 Å². The van der Waals surface area contributed by atoms with Crippen LogP contribution in [-0.4, -0.2) is 53.3 Å². The second-order valence-electron chi connectivity index (χ2n) is 10.3. The van der Waals surface area contributed by atoms with Crippen molar-refractivity contribution in [1.29, 1.82) is 0 Å². The molecule has 3 unspecified atom stereocenters. The minimum Gasteiger partial charge on any atom is -0.502 e. The summed E-state index contributed by atoms with van der Waals surface area (Å²) in [5.41, 5.74) is 6.09. The second kappa shape index (κ2) is 11.4. The highest BCUT2D eigenvalue weighted by atomic mass is 16.5. The molecule has 0 spiro atoms. The van der Waals surface area contributed by atoms with Crippen molar-refractivity contribution in [1.82, 2.24) is 9.47 Å². The van der Waals surface area contributed by atoms with Gasteiger partial charge in [0.15, 0.2) is 12.4 Å². The van der Waals surface area contributed by atoms with Gasteiger partial charge in [0.2, 0.25) is 11.2 Å². The Morgan fingerprint density at radius 3 is 2.70 bits per heavy atom. The highest BCUT2D eigenvalue weighted by Gasteiger charge is 2.35. The zero-order valence-electron chi connectivity index (χ0n) is 22.1. The summed E-state index contributed by atoms with van der Waals surface area (Å²) >= 11 is 0. The average Bonchev–Trinajstić information content (AvgIpc) is 2.93. The first-order chi connectivity index (χ1) is 19.2. The number of nitrogens with two attached hydrogens (primary N) is 1. The molecular weight excluding hydrogens is 518 g/mol. The third-order valence-electron chi connectivity index (χ3n) is 7.49. The summed E-state index contributed by atoms with van der Waals surface area (Å²) in [5.74, 6) is -1.60. The number of pyridine rings is 1. The topological polar surface area (TPSA) is 154 Å². The van der Waals surface area contributed by atoms with Crippen LogP contribution in [0.5, 0.6) is 11.5 Å². The monoisotopic (exact) mass is 549 g/mol. The summed E-state index contributed by atoms with van der Waals surface area (Å²) in [6.45, 7) is 2.03. The summed E-state index contributed by atoms with van der Waals surface area (Å²) in [6.07, 6.45) is 0.773.